The van der Waals surface area contributed by atoms with Crippen LogP contribution in [0.1, 0.15) is 56.2 Å². The Morgan fingerprint density at radius 3 is 2.63 bits per heavy atom. The second kappa shape index (κ2) is 8.56. The molecule has 0 aliphatic carbocycles. The average Bonchev–Trinajstić information content (AvgIpc) is 2.67. The van der Waals surface area contributed by atoms with Crippen molar-refractivity contribution in [3.8, 4) is 0 Å². The SMILES string of the molecule is C=C(c1ccc(CCCC(C)(C)CC=O)cc1)N1CCCc2ccccc21. The Hall–Kier alpha value is -2.35. The normalized spacial score (nSPS) is 13.9. The molecule has 0 bridgehead atoms. The molecule has 0 spiro atoms. The first-order valence-electron chi connectivity index (χ1n) is 10.1. The Labute approximate surface area is 163 Å². The second-order valence-corrected chi connectivity index (χ2v) is 8.42. The highest BCUT2D eigenvalue weighted by Gasteiger charge is 2.19. The van der Waals surface area contributed by atoms with Gasteiger partial charge in [0.15, 0.2) is 0 Å². The molecule has 0 unspecified atom stereocenters. The van der Waals surface area contributed by atoms with Crippen molar-refractivity contribution in [1.82, 2.24) is 0 Å². The number of aldehydes is 1. The first kappa shape index (κ1) is 19.4. The van der Waals surface area contributed by atoms with E-state index < -0.39 is 0 Å². The average molecular weight is 362 g/mol. The van der Waals surface area contributed by atoms with Crippen molar-refractivity contribution < 1.29 is 4.79 Å². The van der Waals surface area contributed by atoms with E-state index >= 15 is 0 Å². The van der Waals surface area contributed by atoms with Gasteiger partial charge >= 0.3 is 0 Å². The molecule has 0 radical (unpaired) electrons. The molecule has 1 aliphatic heterocycles. The lowest BCUT2D eigenvalue weighted by Crippen LogP contribution is -2.27. The van der Waals surface area contributed by atoms with Gasteiger partial charge in [0.25, 0.3) is 0 Å². The highest BCUT2D eigenvalue weighted by molar-refractivity contribution is 5.80. The summed E-state index contributed by atoms with van der Waals surface area (Å²) in [6.07, 6.45) is 7.25. The van der Waals surface area contributed by atoms with Crippen molar-refractivity contribution in [1.29, 1.82) is 0 Å². The number of benzene rings is 2. The molecule has 1 aliphatic rings. The lowest BCUT2D eigenvalue weighted by molar-refractivity contribution is -0.109. The summed E-state index contributed by atoms with van der Waals surface area (Å²) in [5.74, 6) is 0. The summed E-state index contributed by atoms with van der Waals surface area (Å²) < 4.78 is 0. The molecule has 2 heteroatoms. The highest BCUT2D eigenvalue weighted by Crippen LogP contribution is 2.33. The third kappa shape index (κ3) is 4.88. The van der Waals surface area contributed by atoms with E-state index in [1.54, 1.807) is 0 Å². The maximum absolute atomic E-state index is 10.8. The smallest absolute Gasteiger partial charge is 0.120 e. The molecule has 3 rings (SSSR count). The van der Waals surface area contributed by atoms with Crippen LogP contribution in [0.25, 0.3) is 5.70 Å². The zero-order valence-corrected chi connectivity index (χ0v) is 16.7. The van der Waals surface area contributed by atoms with Crippen molar-refractivity contribution in [2.75, 3.05) is 11.4 Å². The van der Waals surface area contributed by atoms with Crippen LogP contribution in [0.2, 0.25) is 0 Å². The van der Waals surface area contributed by atoms with Crippen molar-refractivity contribution in [2.24, 2.45) is 5.41 Å². The zero-order valence-electron chi connectivity index (χ0n) is 16.7. The molecular weight excluding hydrogens is 330 g/mol. The van der Waals surface area contributed by atoms with Crippen LogP contribution in [0.4, 0.5) is 5.69 Å². The van der Waals surface area contributed by atoms with Gasteiger partial charge in [0.1, 0.15) is 6.29 Å². The molecule has 0 N–H and O–H groups in total. The molecule has 2 nitrogen and oxygen atoms in total. The molecule has 0 fully saturated rings. The number of fused-ring (bicyclic) bond motifs is 1. The van der Waals surface area contributed by atoms with E-state index in [4.69, 9.17) is 0 Å². The number of nitrogens with zero attached hydrogens (tertiary/aromatic N) is 1. The first-order valence-corrected chi connectivity index (χ1v) is 10.1. The van der Waals surface area contributed by atoms with Crippen molar-refractivity contribution in [3.05, 3.63) is 71.8 Å². The van der Waals surface area contributed by atoms with Gasteiger partial charge in [-0.2, -0.15) is 0 Å². The lowest BCUT2D eigenvalue weighted by Gasteiger charge is -2.33. The minimum atomic E-state index is 0.109. The van der Waals surface area contributed by atoms with E-state index in [-0.39, 0.29) is 5.41 Å². The predicted octanol–water partition coefficient (Wildman–Crippen LogP) is 6.05. The van der Waals surface area contributed by atoms with Gasteiger partial charge in [0.05, 0.1) is 0 Å². The number of rotatable bonds is 8. The molecule has 0 amide bonds. The van der Waals surface area contributed by atoms with Gasteiger partial charge in [-0.15, -0.1) is 0 Å². The molecule has 142 valence electrons. The molecule has 0 saturated carbocycles. The number of hydrogen-bond donors (Lipinski definition) is 0. The van der Waals surface area contributed by atoms with Crippen LogP contribution >= 0.6 is 0 Å². The fraction of sp³-hybridized carbons (Fsp3) is 0.400. The van der Waals surface area contributed by atoms with Crippen LogP contribution in [0.5, 0.6) is 0 Å². The summed E-state index contributed by atoms with van der Waals surface area (Å²) in [5.41, 5.74) is 6.46. The fourth-order valence-electron chi connectivity index (χ4n) is 3.93. The van der Waals surface area contributed by atoms with Gasteiger partial charge in [0, 0.05) is 24.4 Å². The van der Waals surface area contributed by atoms with Crippen LogP contribution in [-0.4, -0.2) is 12.8 Å². The number of para-hydroxylation sites is 1. The third-order valence-corrected chi connectivity index (χ3v) is 5.68. The molecule has 2 aromatic carbocycles. The van der Waals surface area contributed by atoms with Crippen LogP contribution < -0.4 is 4.90 Å². The number of hydrogen-bond acceptors (Lipinski definition) is 2. The number of aryl methyl sites for hydroxylation is 2. The monoisotopic (exact) mass is 361 g/mol. The molecule has 2 aromatic rings. The predicted molar refractivity (Wildman–Crippen MR) is 115 cm³/mol. The maximum Gasteiger partial charge on any atom is 0.120 e. The van der Waals surface area contributed by atoms with Crippen molar-refractivity contribution in [2.45, 2.75) is 52.4 Å². The summed E-state index contributed by atoms with van der Waals surface area (Å²) in [4.78, 5) is 13.1. The van der Waals surface area contributed by atoms with Crippen LogP contribution in [0.15, 0.2) is 55.1 Å². The van der Waals surface area contributed by atoms with E-state index in [0.717, 1.165) is 44.2 Å². The summed E-state index contributed by atoms with van der Waals surface area (Å²) in [6, 6.07) is 17.5. The third-order valence-electron chi connectivity index (χ3n) is 5.68. The van der Waals surface area contributed by atoms with Gasteiger partial charge < -0.3 is 9.69 Å². The molecule has 0 saturated heterocycles. The summed E-state index contributed by atoms with van der Waals surface area (Å²) in [5, 5.41) is 0. The van der Waals surface area contributed by atoms with Gasteiger partial charge in [-0.3, -0.25) is 0 Å². The Balaban J connectivity index is 1.62. The maximum atomic E-state index is 10.8. The van der Waals surface area contributed by atoms with Gasteiger partial charge in [-0.25, -0.2) is 0 Å². The Bertz CT molecular complexity index is 788. The van der Waals surface area contributed by atoms with Gasteiger partial charge in [-0.1, -0.05) is 62.9 Å². The number of carbonyl (C=O) groups is 1. The lowest BCUT2D eigenvalue weighted by atomic mass is 9.84. The summed E-state index contributed by atoms with van der Waals surface area (Å²) in [7, 11) is 0. The van der Waals surface area contributed by atoms with Crippen molar-refractivity contribution >= 4 is 17.7 Å². The van der Waals surface area contributed by atoms with Crippen molar-refractivity contribution in [3.63, 3.8) is 0 Å². The fourth-order valence-corrected chi connectivity index (χ4v) is 3.93. The second-order valence-electron chi connectivity index (χ2n) is 8.42. The summed E-state index contributed by atoms with van der Waals surface area (Å²) in [6.45, 7) is 9.76. The first-order chi connectivity index (χ1) is 13.0. The van der Waals surface area contributed by atoms with E-state index in [9.17, 15) is 4.79 Å². The Morgan fingerprint density at radius 2 is 1.89 bits per heavy atom. The molecular formula is C25H31NO. The minimum absolute atomic E-state index is 0.109. The van der Waals surface area contributed by atoms with Crippen LogP contribution in [-0.2, 0) is 17.6 Å². The Morgan fingerprint density at radius 1 is 1.15 bits per heavy atom. The van der Waals surface area contributed by atoms with E-state index in [1.807, 2.05) is 0 Å². The number of anilines is 1. The van der Waals surface area contributed by atoms with Crippen LogP contribution in [0.3, 0.4) is 0 Å². The summed E-state index contributed by atoms with van der Waals surface area (Å²) >= 11 is 0. The standard InChI is InChI=1S/C25H31NO/c1-20(26-18-7-10-23-9-4-5-11-24(23)26)22-14-12-21(13-15-22)8-6-16-25(2,3)17-19-27/h4-5,9,11-15,19H,1,6-8,10,16-18H2,2-3H3. The van der Waals surface area contributed by atoms with E-state index in [2.05, 4.69) is 73.9 Å². The zero-order chi connectivity index (χ0) is 19.3. The van der Waals surface area contributed by atoms with Gasteiger partial charge in [0.2, 0.25) is 0 Å². The number of carbonyl (C=O) groups excluding carboxylic acids is 1. The molecule has 27 heavy (non-hydrogen) atoms. The van der Waals surface area contributed by atoms with Gasteiger partial charge in [-0.05, 0) is 60.3 Å². The van der Waals surface area contributed by atoms with E-state index in [1.165, 1.54) is 28.8 Å². The molecule has 1 heterocycles. The topological polar surface area (TPSA) is 20.3 Å². The Kier molecular flexibility index (Phi) is 6.15. The highest BCUT2D eigenvalue weighted by atomic mass is 16.1. The molecule has 0 atom stereocenters. The quantitative estimate of drug-likeness (QED) is 0.534. The van der Waals surface area contributed by atoms with E-state index in [0.29, 0.717) is 6.42 Å². The molecule has 0 aromatic heterocycles. The van der Waals surface area contributed by atoms with Crippen LogP contribution in [0, 0.1) is 5.41 Å². The minimum Gasteiger partial charge on any atom is -0.341 e. The largest absolute Gasteiger partial charge is 0.341 e.